The summed E-state index contributed by atoms with van der Waals surface area (Å²) in [5.41, 5.74) is 1.23. The molecule has 1 atom stereocenters. The molecular weight excluding hydrogens is 228 g/mol. The SMILES string of the molecule is COCCNCC(C)NCc1cccc(OC)c1. The molecule has 4 nitrogen and oxygen atoms in total. The van der Waals surface area contributed by atoms with Gasteiger partial charge in [-0.25, -0.2) is 0 Å². The molecule has 1 unspecified atom stereocenters. The van der Waals surface area contributed by atoms with Crippen LogP contribution in [0.5, 0.6) is 5.75 Å². The van der Waals surface area contributed by atoms with E-state index >= 15 is 0 Å². The first kappa shape index (κ1) is 15.0. The molecule has 0 fully saturated rings. The number of benzene rings is 1. The predicted octanol–water partition coefficient (Wildman–Crippen LogP) is 1.41. The summed E-state index contributed by atoms with van der Waals surface area (Å²) >= 11 is 0. The molecule has 102 valence electrons. The Kier molecular flexibility index (Phi) is 7.41. The topological polar surface area (TPSA) is 42.5 Å². The Morgan fingerprint density at radius 3 is 2.83 bits per heavy atom. The number of rotatable bonds is 9. The van der Waals surface area contributed by atoms with Gasteiger partial charge in [-0.3, -0.25) is 0 Å². The van der Waals surface area contributed by atoms with E-state index in [1.165, 1.54) is 5.56 Å². The minimum absolute atomic E-state index is 0.424. The molecule has 1 rings (SSSR count). The maximum Gasteiger partial charge on any atom is 0.119 e. The van der Waals surface area contributed by atoms with Crippen molar-refractivity contribution in [3.8, 4) is 5.75 Å². The second-order valence-corrected chi connectivity index (χ2v) is 4.33. The smallest absolute Gasteiger partial charge is 0.119 e. The van der Waals surface area contributed by atoms with Gasteiger partial charge < -0.3 is 20.1 Å². The van der Waals surface area contributed by atoms with Crippen LogP contribution in [0.15, 0.2) is 24.3 Å². The molecule has 0 radical (unpaired) electrons. The van der Waals surface area contributed by atoms with Gasteiger partial charge in [0.25, 0.3) is 0 Å². The van der Waals surface area contributed by atoms with Gasteiger partial charge in [-0.15, -0.1) is 0 Å². The zero-order valence-electron chi connectivity index (χ0n) is 11.5. The van der Waals surface area contributed by atoms with Gasteiger partial charge in [-0.2, -0.15) is 0 Å². The maximum atomic E-state index is 5.20. The third-order valence-corrected chi connectivity index (χ3v) is 2.72. The molecule has 1 aromatic rings. The van der Waals surface area contributed by atoms with Gasteiger partial charge in [0, 0.05) is 32.8 Å². The van der Waals surface area contributed by atoms with E-state index in [0.717, 1.165) is 32.0 Å². The standard InChI is InChI=1S/C14H24N2O2/c1-12(10-15-7-8-17-2)16-11-13-5-4-6-14(9-13)18-3/h4-6,9,12,15-16H,7-8,10-11H2,1-3H3. The fraction of sp³-hybridized carbons (Fsp3) is 0.571. The largest absolute Gasteiger partial charge is 0.497 e. The van der Waals surface area contributed by atoms with Gasteiger partial charge in [-0.05, 0) is 24.6 Å². The van der Waals surface area contributed by atoms with Crippen molar-refractivity contribution in [2.45, 2.75) is 19.5 Å². The normalized spacial score (nSPS) is 12.4. The molecule has 2 N–H and O–H groups in total. The highest BCUT2D eigenvalue weighted by Crippen LogP contribution is 2.12. The molecule has 0 aliphatic carbocycles. The zero-order valence-corrected chi connectivity index (χ0v) is 11.5. The minimum Gasteiger partial charge on any atom is -0.497 e. The fourth-order valence-electron chi connectivity index (χ4n) is 1.64. The Bertz CT molecular complexity index is 331. The summed E-state index contributed by atoms with van der Waals surface area (Å²) in [4.78, 5) is 0. The van der Waals surface area contributed by atoms with Gasteiger partial charge in [0.1, 0.15) is 5.75 Å². The molecule has 0 aromatic heterocycles. The van der Waals surface area contributed by atoms with E-state index in [-0.39, 0.29) is 0 Å². The summed E-state index contributed by atoms with van der Waals surface area (Å²) in [6.07, 6.45) is 0. The van der Waals surface area contributed by atoms with Crippen LogP contribution in [0.4, 0.5) is 0 Å². The molecule has 4 heteroatoms. The third kappa shape index (κ3) is 6.00. The molecule has 0 saturated heterocycles. The molecule has 0 bridgehead atoms. The van der Waals surface area contributed by atoms with Crippen LogP contribution in [0, 0.1) is 0 Å². The van der Waals surface area contributed by atoms with Crippen LogP contribution in [-0.4, -0.2) is 40.0 Å². The molecular formula is C14H24N2O2. The van der Waals surface area contributed by atoms with Crippen molar-refractivity contribution >= 4 is 0 Å². The van der Waals surface area contributed by atoms with Crippen LogP contribution in [0.1, 0.15) is 12.5 Å². The van der Waals surface area contributed by atoms with E-state index < -0.39 is 0 Å². The summed E-state index contributed by atoms with van der Waals surface area (Å²) in [5, 5.41) is 6.80. The summed E-state index contributed by atoms with van der Waals surface area (Å²) in [5.74, 6) is 0.903. The molecule has 0 aliphatic heterocycles. The van der Waals surface area contributed by atoms with Crippen molar-refractivity contribution in [3.63, 3.8) is 0 Å². The lowest BCUT2D eigenvalue weighted by atomic mass is 10.2. The molecule has 0 amide bonds. The van der Waals surface area contributed by atoms with E-state index in [2.05, 4.69) is 29.7 Å². The summed E-state index contributed by atoms with van der Waals surface area (Å²) in [7, 11) is 3.40. The number of ether oxygens (including phenoxy) is 2. The highest BCUT2D eigenvalue weighted by atomic mass is 16.5. The van der Waals surface area contributed by atoms with Gasteiger partial charge in [0.15, 0.2) is 0 Å². The van der Waals surface area contributed by atoms with E-state index in [4.69, 9.17) is 9.47 Å². The summed E-state index contributed by atoms with van der Waals surface area (Å²) in [6, 6.07) is 8.54. The summed E-state index contributed by atoms with van der Waals surface area (Å²) in [6.45, 7) is 5.60. The van der Waals surface area contributed by atoms with Crippen LogP contribution in [0.2, 0.25) is 0 Å². The first-order chi connectivity index (χ1) is 8.76. The number of hydrogen-bond acceptors (Lipinski definition) is 4. The van der Waals surface area contributed by atoms with Crippen LogP contribution in [0.25, 0.3) is 0 Å². The van der Waals surface area contributed by atoms with Gasteiger partial charge >= 0.3 is 0 Å². The quantitative estimate of drug-likeness (QED) is 0.652. The Balaban J connectivity index is 2.22. The van der Waals surface area contributed by atoms with Crippen molar-refractivity contribution in [1.82, 2.24) is 10.6 Å². The van der Waals surface area contributed by atoms with E-state index in [9.17, 15) is 0 Å². The van der Waals surface area contributed by atoms with Gasteiger partial charge in [0.05, 0.1) is 13.7 Å². The highest BCUT2D eigenvalue weighted by Gasteiger charge is 2.01. The molecule has 0 aliphatic rings. The monoisotopic (exact) mass is 252 g/mol. The van der Waals surface area contributed by atoms with Crippen LogP contribution in [0.3, 0.4) is 0 Å². The van der Waals surface area contributed by atoms with E-state index in [1.54, 1.807) is 14.2 Å². The average molecular weight is 252 g/mol. The van der Waals surface area contributed by atoms with E-state index in [1.807, 2.05) is 12.1 Å². The predicted molar refractivity (Wildman–Crippen MR) is 74.0 cm³/mol. The molecule has 0 heterocycles. The average Bonchev–Trinajstić information content (AvgIpc) is 2.41. The van der Waals surface area contributed by atoms with Crippen molar-refractivity contribution < 1.29 is 9.47 Å². The van der Waals surface area contributed by atoms with Gasteiger partial charge in [-0.1, -0.05) is 12.1 Å². The third-order valence-electron chi connectivity index (χ3n) is 2.72. The lowest BCUT2D eigenvalue weighted by Gasteiger charge is -2.15. The molecule has 1 aromatic carbocycles. The zero-order chi connectivity index (χ0) is 13.2. The second-order valence-electron chi connectivity index (χ2n) is 4.33. The van der Waals surface area contributed by atoms with Crippen LogP contribution < -0.4 is 15.4 Å². The van der Waals surface area contributed by atoms with E-state index in [0.29, 0.717) is 6.04 Å². The summed E-state index contributed by atoms with van der Waals surface area (Å²) < 4.78 is 10.2. The van der Waals surface area contributed by atoms with Crippen molar-refractivity contribution in [2.75, 3.05) is 33.9 Å². The van der Waals surface area contributed by atoms with Crippen molar-refractivity contribution in [3.05, 3.63) is 29.8 Å². The van der Waals surface area contributed by atoms with Crippen molar-refractivity contribution in [1.29, 1.82) is 0 Å². The number of nitrogens with one attached hydrogen (secondary N) is 2. The fourth-order valence-corrected chi connectivity index (χ4v) is 1.64. The Hall–Kier alpha value is -1.10. The minimum atomic E-state index is 0.424. The Morgan fingerprint density at radius 1 is 1.28 bits per heavy atom. The number of methoxy groups -OCH3 is 2. The van der Waals surface area contributed by atoms with Crippen LogP contribution in [-0.2, 0) is 11.3 Å². The first-order valence-electron chi connectivity index (χ1n) is 6.32. The highest BCUT2D eigenvalue weighted by molar-refractivity contribution is 5.28. The number of hydrogen-bond donors (Lipinski definition) is 2. The molecule has 0 saturated carbocycles. The molecule has 0 spiro atoms. The van der Waals surface area contributed by atoms with Crippen LogP contribution >= 0.6 is 0 Å². The Labute approximate surface area is 110 Å². The first-order valence-corrected chi connectivity index (χ1v) is 6.32. The lowest BCUT2D eigenvalue weighted by molar-refractivity contribution is 0.198. The van der Waals surface area contributed by atoms with Gasteiger partial charge in [0.2, 0.25) is 0 Å². The van der Waals surface area contributed by atoms with Crippen molar-refractivity contribution in [2.24, 2.45) is 0 Å². The second kappa shape index (κ2) is 8.91. The lowest BCUT2D eigenvalue weighted by Crippen LogP contribution is -2.37. The Morgan fingerprint density at radius 2 is 2.11 bits per heavy atom. The molecule has 18 heavy (non-hydrogen) atoms. The maximum absolute atomic E-state index is 5.20.